The lowest BCUT2D eigenvalue weighted by atomic mass is 10.3. The van der Waals surface area contributed by atoms with E-state index in [9.17, 15) is 0 Å². The summed E-state index contributed by atoms with van der Waals surface area (Å²) in [6.45, 7) is 2.87. The molecule has 5 heteroatoms. The molecule has 2 aromatic heterocycles. The molecular formula is C11H11N5. The second-order valence-corrected chi connectivity index (χ2v) is 3.25. The summed E-state index contributed by atoms with van der Waals surface area (Å²) in [6.07, 6.45) is 5.29. The molecule has 0 fully saturated rings. The highest BCUT2D eigenvalue weighted by atomic mass is 15.3. The van der Waals surface area contributed by atoms with Crippen LogP contribution in [0.5, 0.6) is 0 Å². The molecule has 0 radical (unpaired) electrons. The summed E-state index contributed by atoms with van der Waals surface area (Å²) in [7, 11) is 0. The Morgan fingerprint density at radius 1 is 1.38 bits per heavy atom. The summed E-state index contributed by atoms with van der Waals surface area (Å²) in [5.74, 6) is 0. The highest BCUT2D eigenvalue weighted by Gasteiger charge is 1.98. The Bertz CT molecular complexity index is 506. The minimum atomic E-state index is 0.412. The zero-order valence-electron chi connectivity index (χ0n) is 8.88. The molecule has 16 heavy (non-hydrogen) atoms. The Morgan fingerprint density at radius 2 is 2.25 bits per heavy atom. The van der Waals surface area contributed by atoms with E-state index in [1.54, 1.807) is 18.5 Å². The average Bonchev–Trinajstić information content (AvgIpc) is 2.78. The Morgan fingerprint density at radius 3 is 2.81 bits per heavy atom. The summed E-state index contributed by atoms with van der Waals surface area (Å²) in [6, 6.07) is 5.46. The van der Waals surface area contributed by atoms with Crippen molar-refractivity contribution in [2.75, 3.05) is 5.32 Å². The fourth-order valence-electron chi connectivity index (χ4n) is 1.30. The molecule has 5 nitrogen and oxygen atoms in total. The lowest BCUT2D eigenvalue weighted by molar-refractivity contribution is 0.660. The second-order valence-electron chi connectivity index (χ2n) is 3.25. The number of nitrogens with one attached hydrogen (secondary N) is 1. The van der Waals surface area contributed by atoms with E-state index < -0.39 is 0 Å². The maximum atomic E-state index is 8.61. The van der Waals surface area contributed by atoms with Gasteiger partial charge in [-0.15, -0.1) is 0 Å². The molecule has 0 saturated carbocycles. The first-order chi connectivity index (χ1) is 7.81. The van der Waals surface area contributed by atoms with Crippen LogP contribution < -0.4 is 5.32 Å². The third-order valence-electron chi connectivity index (χ3n) is 2.12. The van der Waals surface area contributed by atoms with Crippen LogP contribution in [-0.4, -0.2) is 14.8 Å². The van der Waals surface area contributed by atoms with Crippen molar-refractivity contribution < 1.29 is 0 Å². The molecule has 0 aliphatic heterocycles. The first-order valence-electron chi connectivity index (χ1n) is 4.97. The highest BCUT2D eigenvalue weighted by molar-refractivity contribution is 5.57. The molecule has 2 rings (SSSR count). The standard InChI is InChI=1S/C11H11N5/c1-2-16-8-11(7-14-16)15-10-4-3-9(5-12)13-6-10/h3-4,6-8,15H,2H2,1H3. The van der Waals surface area contributed by atoms with Crippen molar-refractivity contribution in [1.29, 1.82) is 5.26 Å². The quantitative estimate of drug-likeness (QED) is 0.845. The Labute approximate surface area is 93.4 Å². The summed E-state index contributed by atoms with van der Waals surface area (Å²) in [5.41, 5.74) is 2.16. The van der Waals surface area contributed by atoms with Crippen molar-refractivity contribution in [3.05, 3.63) is 36.4 Å². The van der Waals surface area contributed by atoms with Crippen LogP contribution in [0, 0.1) is 11.3 Å². The summed E-state index contributed by atoms with van der Waals surface area (Å²) >= 11 is 0. The fourth-order valence-corrected chi connectivity index (χ4v) is 1.30. The molecule has 2 heterocycles. The average molecular weight is 213 g/mol. The molecule has 80 valence electrons. The van der Waals surface area contributed by atoms with Gasteiger partial charge in [0.1, 0.15) is 11.8 Å². The zero-order valence-corrected chi connectivity index (χ0v) is 8.88. The molecule has 0 aromatic carbocycles. The molecule has 0 aliphatic carbocycles. The molecule has 0 spiro atoms. The van der Waals surface area contributed by atoms with Crippen molar-refractivity contribution in [3.8, 4) is 6.07 Å². The number of hydrogen-bond donors (Lipinski definition) is 1. The number of nitrogens with zero attached hydrogens (tertiary/aromatic N) is 4. The van der Waals surface area contributed by atoms with E-state index >= 15 is 0 Å². The molecule has 0 aliphatic rings. The maximum absolute atomic E-state index is 8.61. The number of aromatic nitrogens is 3. The first-order valence-corrected chi connectivity index (χ1v) is 4.97. The van der Waals surface area contributed by atoms with E-state index in [1.807, 2.05) is 29.9 Å². The Hall–Kier alpha value is -2.35. The number of nitriles is 1. The minimum Gasteiger partial charge on any atom is -0.352 e. The molecule has 0 amide bonds. The van der Waals surface area contributed by atoms with Gasteiger partial charge in [0.25, 0.3) is 0 Å². The van der Waals surface area contributed by atoms with Crippen LogP contribution in [0.25, 0.3) is 0 Å². The smallest absolute Gasteiger partial charge is 0.140 e. The normalized spacial score (nSPS) is 9.75. The van der Waals surface area contributed by atoms with Crippen LogP contribution >= 0.6 is 0 Å². The van der Waals surface area contributed by atoms with E-state index in [-0.39, 0.29) is 0 Å². The van der Waals surface area contributed by atoms with Crippen molar-refractivity contribution in [1.82, 2.24) is 14.8 Å². The van der Waals surface area contributed by atoms with Crippen molar-refractivity contribution >= 4 is 11.4 Å². The molecule has 1 N–H and O–H groups in total. The lowest BCUT2D eigenvalue weighted by Gasteiger charge is -2.01. The summed E-state index contributed by atoms with van der Waals surface area (Å²) in [4.78, 5) is 3.97. The molecule has 0 atom stereocenters. The van der Waals surface area contributed by atoms with Gasteiger partial charge in [0.2, 0.25) is 0 Å². The predicted octanol–water partition coefficient (Wildman–Crippen LogP) is 1.91. The third-order valence-corrected chi connectivity index (χ3v) is 2.12. The van der Waals surface area contributed by atoms with Gasteiger partial charge >= 0.3 is 0 Å². The van der Waals surface area contributed by atoms with E-state index in [4.69, 9.17) is 5.26 Å². The van der Waals surface area contributed by atoms with E-state index in [1.165, 1.54) is 0 Å². The van der Waals surface area contributed by atoms with Gasteiger partial charge in [-0.3, -0.25) is 4.68 Å². The highest BCUT2D eigenvalue weighted by Crippen LogP contribution is 2.14. The van der Waals surface area contributed by atoms with Crippen molar-refractivity contribution in [2.45, 2.75) is 13.5 Å². The lowest BCUT2D eigenvalue weighted by Crippen LogP contribution is -1.93. The summed E-state index contributed by atoms with van der Waals surface area (Å²) in [5, 5.41) is 15.9. The number of pyridine rings is 1. The molecular weight excluding hydrogens is 202 g/mol. The third kappa shape index (κ3) is 2.17. The fraction of sp³-hybridized carbons (Fsp3) is 0.182. The van der Waals surface area contributed by atoms with Gasteiger partial charge in [-0.25, -0.2) is 4.98 Å². The zero-order chi connectivity index (χ0) is 11.4. The van der Waals surface area contributed by atoms with Gasteiger partial charge in [0.05, 0.1) is 23.8 Å². The number of hydrogen-bond acceptors (Lipinski definition) is 4. The SMILES string of the molecule is CCn1cc(Nc2ccc(C#N)nc2)cn1. The van der Waals surface area contributed by atoms with Crippen molar-refractivity contribution in [2.24, 2.45) is 0 Å². The molecule has 2 aromatic rings. The predicted molar refractivity (Wildman–Crippen MR) is 60.1 cm³/mol. The number of rotatable bonds is 3. The van der Waals surface area contributed by atoms with Crippen LogP contribution in [0.3, 0.4) is 0 Å². The van der Waals surface area contributed by atoms with E-state index in [0.29, 0.717) is 5.69 Å². The van der Waals surface area contributed by atoms with Crippen LogP contribution in [-0.2, 0) is 6.54 Å². The molecule has 0 bridgehead atoms. The topological polar surface area (TPSA) is 66.5 Å². The molecule has 0 saturated heterocycles. The minimum absolute atomic E-state index is 0.412. The van der Waals surface area contributed by atoms with Crippen LogP contribution in [0.4, 0.5) is 11.4 Å². The largest absolute Gasteiger partial charge is 0.352 e. The van der Waals surface area contributed by atoms with E-state index in [0.717, 1.165) is 17.9 Å². The van der Waals surface area contributed by atoms with Gasteiger partial charge in [-0.05, 0) is 19.1 Å². The van der Waals surface area contributed by atoms with Gasteiger partial charge in [0.15, 0.2) is 0 Å². The summed E-state index contributed by atoms with van der Waals surface area (Å²) < 4.78 is 1.83. The van der Waals surface area contributed by atoms with Crippen molar-refractivity contribution in [3.63, 3.8) is 0 Å². The van der Waals surface area contributed by atoms with E-state index in [2.05, 4.69) is 15.4 Å². The van der Waals surface area contributed by atoms with Gasteiger partial charge < -0.3 is 5.32 Å². The van der Waals surface area contributed by atoms with Crippen LogP contribution in [0.2, 0.25) is 0 Å². The number of aryl methyl sites for hydroxylation is 1. The Kier molecular flexibility index (Phi) is 2.83. The van der Waals surface area contributed by atoms with Crippen LogP contribution in [0.1, 0.15) is 12.6 Å². The number of anilines is 2. The first kappa shape index (κ1) is 10.2. The monoisotopic (exact) mass is 213 g/mol. The van der Waals surface area contributed by atoms with Gasteiger partial charge in [-0.2, -0.15) is 10.4 Å². The molecule has 0 unspecified atom stereocenters. The second kappa shape index (κ2) is 4.45. The van der Waals surface area contributed by atoms with Gasteiger partial charge in [0, 0.05) is 12.7 Å². The van der Waals surface area contributed by atoms with Gasteiger partial charge in [-0.1, -0.05) is 0 Å². The Balaban J connectivity index is 2.11. The maximum Gasteiger partial charge on any atom is 0.140 e. The van der Waals surface area contributed by atoms with Crippen LogP contribution in [0.15, 0.2) is 30.7 Å².